The summed E-state index contributed by atoms with van der Waals surface area (Å²) in [4.78, 5) is 25.7. The first kappa shape index (κ1) is 24.8. The van der Waals surface area contributed by atoms with Crippen LogP contribution < -0.4 is 11.1 Å². The van der Waals surface area contributed by atoms with Gasteiger partial charge in [0.1, 0.15) is 6.10 Å². The van der Waals surface area contributed by atoms with Crippen LogP contribution in [-0.4, -0.2) is 40.3 Å². The molecule has 1 fully saturated rings. The first-order valence-electron chi connectivity index (χ1n) is 11.2. The van der Waals surface area contributed by atoms with Crippen molar-refractivity contribution in [3.05, 3.63) is 22.4 Å². The van der Waals surface area contributed by atoms with Gasteiger partial charge in [0.05, 0.1) is 18.1 Å². The Labute approximate surface area is 184 Å². The average molecular weight is 439 g/mol. The van der Waals surface area contributed by atoms with Gasteiger partial charge in [-0.1, -0.05) is 52.0 Å². The van der Waals surface area contributed by atoms with Gasteiger partial charge in [-0.15, -0.1) is 11.3 Å². The number of hydrogen-bond acceptors (Lipinski definition) is 5. The second kappa shape index (κ2) is 12.4. The fourth-order valence-electron chi connectivity index (χ4n) is 4.43. The standard InChI is InChI=1S/C23H38N2O4S/c1-15(2)11-20(26)22(28)19(12-16-7-4-3-5-8-16)25-23(29)17(14-21(24)27)13-18-9-6-10-30-18/h6,9-10,15-17,19-20,22,26,28H,3-5,7-8,11-14H2,1-2H3,(H2,24,27)(H,25,29)/t17-,19+,20+,22-/m1/s1. The van der Waals surface area contributed by atoms with Crippen LogP contribution in [0.5, 0.6) is 0 Å². The Morgan fingerprint density at radius 3 is 2.50 bits per heavy atom. The van der Waals surface area contributed by atoms with E-state index in [-0.39, 0.29) is 18.2 Å². The third kappa shape index (κ3) is 8.36. The van der Waals surface area contributed by atoms with E-state index in [0.29, 0.717) is 25.2 Å². The molecule has 1 aliphatic rings. The van der Waals surface area contributed by atoms with E-state index in [2.05, 4.69) is 5.32 Å². The van der Waals surface area contributed by atoms with Crippen LogP contribution in [0.3, 0.4) is 0 Å². The molecule has 1 aromatic heterocycles. The van der Waals surface area contributed by atoms with Crippen LogP contribution in [0, 0.1) is 17.8 Å². The Bertz CT molecular complexity index is 644. The van der Waals surface area contributed by atoms with Gasteiger partial charge in [0.15, 0.2) is 0 Å². The number of amides is 2. The topological polar surface area (TPSA) is 113 Å². The Morgan fingerprint density at radius 1 is 1.23 bits per heavy atom. The third-order valence-corrected chi connectivity index (χ3v) is 6.90. The number of primary amides is 1. The SMILES string of the molecule is CC(C)C[C@H](O)[C@H](O)[C@H](CC1CCCCC1)NC(=O)[C@@H](CC(N)=O)Cc1cccs1. The highest BCUT2D eigenvalue weighted by atomic mass is 32.1. The normalized spacial score (nSPS) is 19.2. The minimum atomic E-state index is -1.03. The zero-order valence-corrected chi connectivity index (χ0v) is 19.1. The Kier molecular flexibility index (Phi) is 10.3. The lowest BCUT2D eigenvalue weighted by Gasteiger charge is -2.33. The fraction of sp³-hybridized carbons (Fsp3) is 0.739. The maximum absolute atomic E-state index is 13.1. The van der Waals surface area contributed by atoms with Crippen molar-refractivity contribution in [1.29, 1.82) is 0 Å². The predicted molar refractivity (Wildman–Crippen MR) is 120 cm³/mol. The molecule has 4 atom stereocenters. The summed E-state index contributed by atoms with van der Waals surface area (Å²) in [6.45, 7) is 3.99. The number of carbonyl (C=O) groups excluding carboxylic acids is 2. The maximum atomic E-state index is 13.1. The Balaban J connectivity index is 2.11. The van der Waals surface area contributed by atoms with Crippen molar-refractivity contribution in [2.24, 2.45) is 23.5 Å². The molecule has 7 heteroatoms. The first-order valence-corrected chi connectivity index (χ1v) is 12.1. The van der Waals surface area contributed by atoms with Crippen molar-refractivity contribution in [3.8, 4) is 0 Å². The van der Waals surface area contributed by atoms with Gasteiger partial charge in [0.25, 0.3) is 0 Å². The summed E-state index contributed by atoms with van der Waals surface area (Å²) in [6.07, 6.45) is 5.31. The van der Waals surface area contributed by atoms with Crippen molar-refractivity contribution < 1.29 is 19.8 Å². The van der Waals surface area contributed by atoms with Crippen molar-refractivity contribution in [1.82, 2.24) is 5.32 Å². The lowest BCUT2D eigenvalue weighted by atomic mass is 9.82. The van der Waals surface area contributed by atoms with E-state index in [1.165, 1.54) is 30.6 Å². The molecule has 1 aliphatic carbocycles. The Morgan fingerprint density at radius 2 is 1.93 bits per heavy atom. The molecular weight excluding hydrogens is 400 g/mol. The number of carbonyl (C=O) groups is 2. The minimum absolute atomic E-state index is 0.0372. The number of nitrogens with two attached hydrogens (primary N) is 1. The number of thiophene rings is 1. The molecule has 6 nitrogen and oxygen atoms in total. The summed E-state index contributed by atoms with van der Waals surface area (Å²) >= 11 is 1.54. The molecule has 0 unspecified atom stereocenters. The molecule has 0 aromatic carbocycles. The molecule has 0 saturated heterocycles. The van der Waals surface area contributed by atoms with Crippen LogP contribution in [-0.2, 0) is 16.0 Å². The number of aliphatic hydroxyl groups is 2. The molecule has 0 radical (unpaired) electrons. The van der Waals surface area contributed by atoms with Crippen LogP contribution in [0.4, 0.5) is 0 Å². The van der Waals surface area contributed by atoms with Crippen LogP contribution >= 0.6 is 11.3 Å². The van der Waals surface area contributed by atoms with E-state index in [1.807, 2.05) is 31.4 Å². The van der Waals surface area contributed by atoms with Gasteiger partial charge in [-0.2, -0.15) is 0 Å². The van der Waals surface area contributed by atoms with E-state index in [1.54, 1.807) is 0 Å². The molecule has 0 aliphatic heterocycles. The molecule has 2 rings (SSSR count). The number of aliphatic hydroxyl groups excluding tert-OH is 2. The van der Waals surface area contributed by atoms with Crippen molar-refractivity contribution in [2.45, 2.75) is 89.9 Å². The Hall–Kier alpha value is -1.44. The summed E-state index contributed by atoms with van der Waals surface area (Å²) < 4.78 is 0. The van der Waals surface area contributed by atoms with Crippen LogP contribution in [0.25, 0.3) is 0 Å². The number of hydrogen-bond donors (Lipinski definition) is 4. The molecule has 1 saturated carbocycles. The summed E-state index contributed by atoms with van der Waals surface area (Å²) in [6, 6.07) is 3.32. The number of nitrogens with one attached hydrogen (secondary N) is 1. The van der Waals surface area contributed by atoms with Gasteiger partial charge >= 0.3 is 0 Å². The van der Waals surface area contributed by atoms with Gasteiger partial charge in [-0.05, 0) is 42.5 Å². The molecule has 1 heterocycles. The predicted octanol–water partition coefficient (Wildman–Crippen LogP) is 3.01. The van der Waals surface area contributed by atoms with E-state index in [4.69, 9.17) is 5.73 Å². The summed E-state index contributed by atoms with van der Waals surface area (Å²) in [5.41, 5.74) is 5.40. The van der Waals surface area contributed by atoms with E-state index in [9.17, 15) is 19.8 Å². The van der Waals surface area contributed by atoms with Gasteiger partial charge in [0.2, 0.25) is 11.8 Å². The molecule has 170 valence electrons. The number of rotatable bonds is 12. The van der Waals surface area contributed by atoms with Crippen LogP contribution in [0.2, 0.25) is 0 Å². The molecule has 30 heavy (non-hydrogen) atoms. The second-order valence-corrected chi connectivity index (χ2v) is 10.2. The summed E-state index contributed by atoms with van der Waals surface area (Å²) in [5, 5.41) is 26.3. The quantitative estimate of drug-likeness (QED) is 0.402. The van der Waals surface area contributed by atoms with Gasteiger partial charge in [-0.25, -0.2) is 0 Å². The largest absolute Gasteiger partial charge is 0.390 e. The fourth-order valence-corrected chi connectivity index (χ4v) is 5.22. The molecule has 1 aromatic rings. The zero-order chi connectivity index (χ0) is 22.1. The molecule has 0 bridgehead atoms. The average Bonchev–Trinajstić information content (AvgIpc) is 3.19. The molecule has 5 N–H and O–H groups in total. The monoisotopic (exact) mass is 438 g/mol. The van der Waals surface area contributed by atoms with Gasteiger partial charge in [-0.3, -0.25) is 9.59 Å². The highest BCUT2D eigenvalue weighted by Gasteiger charge is 2.33. The van der Waals surface area contributed by atoms with E-state index >= 15 is 0 Å². The molecule has 0 spiro atoms. The van der Waals surface area contributed by atoms with E-state index < -0.39 is 30.1 Å². The first-order chi connectivity index (χ1) is 14.3. The maximum Gasteiger partial charge on any atom is 0.224 e. The van der Waals surface area contributed by atoms with Crippen LogP contribution in [0.1, 0.15) is 70.1 Å². The summed E-state index contributed by atoms with van der Waals surface area (Å²) in [5.74, 6) is -0.710. The van der Waals surface area contributed by atoms with E-state index in [0.717, 1.165) is 17.7 Å². The zero-order valence-electron chi connectivity index (χ0n) is 18.3. The van der Waals surface area contributed by atoms with Gasteiger partial charge in [0, 0.05) is 11.3 Å². The van der Waals surface area contributed by atoms with Crippen molar-refractivity contribution in [2.75, 3.05) is 0 Å². The minimum Gasteiger partial charge on any atom is -0.390 e. The van der Waals surface area contributed by atoms with Crippen molar-refractivity contribution in [3.63, 3.8) is 0 Å². The highest BCUT2D eigenvalue weighted by Crippen LogP contribution is 2.29. The smallest absolute Gasteiger partial charge is 0.224 e. The highest BCUT2D eigenvalue weighted by molar-refractivity contribution is 7.09. The third-order valence-electron chi connectivity index (χ3n) is 6.01. The summed E-state index contributed by atoms with van der Waals surface area (Å²) in [7, 11) is 0. The lowest BCUT2D eigenvalue weighted by molar-refractivity contribution is -0.131. The van der Waals surface area contributed by atoms with Crippen molar-refractivity contribution >= 4 is 23.2 Å². The van der Waals surface area contributed by atoms with Crippen LogP contribution in [0.15, 0.2) is 17.5 Å². The van der Waals surface area contributed by atoms with Gasteiger partial charge < -0.3 is 21.3 Å². The molecular formula is C23H38N2O4S. The molecule has 2 amide bonds. The second-order valence-electron chi connectivity index (χ2n) is 9.19. The lowest BCUT2D eigenvalue weighted by Crippen LogP contribution is -2.51.